The molecule has 0 rings (SSSR count). The highest BCUT2D eigenvalue weighted by molar-refractivity contribution is 5.92. The maximum absolute atomic E-state index is 10.9. The molecule has 0 fully saturated rings. The lowest BCUT2D eigenvalue weighted by atomic mass is 10.3. The lowest BCUT2D eigenvalue weighted by molar-refractivity contribution is -0.117. The average Bonchev–Trinajstić information content (AvgIpc) is 2.09. The molecule has 0 bridgehead atoms. The number of nitrogens with two attached hydrogens (primary N) is 1. The Bertz CT molecular complexity index is 259. The van der Waals surface area contributed by atoms with Crippen LogP contribution in [0.1, 0.15) is 13.3 Å². The summed E-state index contributed by atoms with van der Waals surface area (Å²) in [6.45, 7) is 5.57. The van der Waals surface area contributed by atoms with Crippen LogP contribution in [0.2, 0.25) is 0 Å². The molecule has 0 aromatic rings. The summed E-state index contributed by atoms with van der Waals surface area (Å²) in [6.07, 6.45) is 2.48. The standard InChI is InChI=1S/C9H14N2O3/c1-7(2)8(12)11-5-3-4-6-14-9(10)13/h4,6H,1,3,5H2,2H3,(H2,10,13)(H,11,12). The van der Waals surface area contributed by atoms with Crippen LogP contribution in [0.4, 0.5) is 4.79 Å². The molecule has 5 heteroatoms. The molecule has 14 heavy (non-hydrogen) atoms. The number of nitrogens with one attached hydrogen (secondary N) is 1. The zero-order valence-corrected chi connectivity index (χ0v) is 8.08. The van der Waals surface area contributed by atoms with E-state index in [1.54, 1.807) is 13.0 Å². The van der Waals surface area contributed by atoms with E-state index in [4.69, 9.17) is 5.73 Å². The fourth-order valence-corrected chi connectivity index (χ4v) is 0.603. The van der Waals surface area contributed by atoms with Crippen molar-refractivity contribution in [3.8, 4) is 0 Å². The number of primary amides is 1. The van der Waals surface area contributed by atoms with Gasteiger partial charge in [-0.3, -0.25) is 4.79 Å². The molecule has 2 amide bonds. The highest BCUT2D eigenvalue weighted by Gasteiger charge is 1.97. The molecular weight excluding hydrogens is 184 g/mol. The minimum atomic E-state index is -0.854. The van der Waals surface area contributed by atoms with Crippen LogP contribution in [0.3, 0.4) is 0 Å². The van der Waals surface area contributed by atoms with E-state index in [2.05, 4.69) is 16.6 Å². The number of rotatable bonds is 5. The number of amides is 2. The Labute approximate surface area is 82.6 Å². The second-order valence-corrected chi connectivity index (χ2v) is 2.63. The first-order valence-electron chi connectivity index (χ1n) is 4.09. The molecule has 78 valence electrons. The quantitative estimate of drug-likeness (QED) is 0.387. The maximum atomic E-state index is 10.9. The van der Waals surface area contributed by atoms with Gasteiger partial charge < -0.3 is 15.8 Å². The van der Waals surface area contributed by atoms with Crippen molar-refractivity contribution in [2.45, 2.75) is 13.3 Å². The number of hydrogen-bond donors (Lipinski definition) is 2. The topological polar surface area (TPSA) is 81.4 Å². The summed E-state index contributed by atoms with van der Waals surface area (Å²) in [5.74, 6) is -0.186. The number of carbonyl (C=O) groups excluding carboxylic acids is 2. The zero-order valence-electron chi connectivity index (χ0n) is 8.08. The molecule has 3 N–H and O–H groups in total. The van der Waals surface area contributed by atoms with Crippen LogP contribution in [0.5, 0.6) is 0 Å². The summed E-state index contributed by atoms with van der Waals surface area (Å²) in [7, 11) is 0. The molecular formula is C9H14N2O3. The molecule has 0 aliphatic carbocycles. The van der Waals surface area contributed by atoms with Crippen molar-refractivity contribution in [1.82, 2.24) is 5.32 Å². The summed E-state index contributed by atoms with van der Waals surface area (Å²) in [4.78, 5) is 21.0. The predicted octanol–water partition coefficient (Wildman–Crippen LogP) is 0.678. The summed E-state index contributed by atoms with van der Waals surface area (Å²) >= 11 is 0. The van der Waals surface area contributed by atoms with Gasteiger partial charge in [-0.05, 0) is 19.4 Å². The Hall–Kier alpha value is -1.78. The Kier molecular flexibility index (Phi) is 5.85. The highest BCUT2D eigenvalue weighted by Crippen LogP contribution is 1.87. The van der Waals surface area contributed by atoms with E-state index in [9.17, 15) is 9.59 Å². The van der Waals surface area contributed by atoms with Crippen LogP contribution in [0.15, 0.2) is 24.5 Å². The van der Waals surface area contributed by atoms with Crippen LogP contribution in [-0.4, -0.2) is 18.5 Å². The smallest absolute Gasteiger partial charge is 0.409 e. The second kappa shape index (κ2) is 6.71. The van der Waals surface area contributed by atoms with Gasteiger partial charge in [0.25, 0.3) is 0 Å². The SMILES string of the molecule is C=C(C)C(=O)NCCC=COC(N)=O. The Balaban J connectivity index is 3.47. The molecule has 0 aromatic heterocycles. The predicted molar refractivity (Wildman–Crippen MR) is 52.2 cm³/mol. The van der Waals surface area contributed by atoms with Crippen molar-refractivity contribution in [1.29, 1.82) is 0 Å². The van der Waals surface area contributed by atoms with Gasteiger partial charge in [0.15, 0.2) is 0 Å². The van der Waals surface area contributed by atoms with Crippen molar-refractivity contribution >= 4 is 12.0 Å². The van der Waals surface area contributed by atoms with Gasteiger partial charge in [0.05, 0.1) is 6.26 Å². The summed E-state index contributed by atoms with van der Waals surface area (Å²) in [5, 5.41) is 2.61. The first-order chi connectivity index (χ1) is 6.54. The number of ether oxygens (including phenoxy) is 1. The lowest BCUT2D eigenvalue weighted by Crippen LogP contribution is -2.24. The minimum absolute atomic E-state index is 0.186. The first kappa shape index (κ1) is 12.2. The fourth-order valence-electron chi connectivity index (χ4n) is 0.603. The van der Waals surface area contributed by atoms with Crippen LogP contribution >= 0.6 is 0 Å². The number of hydrogen-bond acceptors (Lipinski definition) is 3. The van der Waals surface area contributed by atoms with Gasteiger partial charge in [-0.2, -0.15) is 0 Å². The monoisotopic (exact) mass is 198 g/mol. The zero-order chi connectivity index (χ0) is 11.0. The second-order valence-electron chi connectivity index (χ2n) is 2.63. The molecule has 0 aliphatic rings. The van der Waals surface area contributed by atoms with E-state index in [1.807, 2.05) is 0 Å². The van der Waals surface area contributed by atoms with Crippen LogP contribution in [0.25, 0.3) is 0 Å². The van der Waals surface area contributed by atoms with E-state index >= 15 is 0 Å². The summed E-state index contributed by atoms with van der Waals surface area (Å²) in [5.41, 5.74) is 5.16. The van der Waals surface area contributed by atoms with Crippen molar-refractivity contribution in [3.05, 3.63) is 24.5 Å². The Morgan fingerprint density at radius 3 is 2.71 bits per heavy atom. The van der Waals surface area contributed by atoms with Gasteiger partial charge in [-0.25, -0.2) is 4.79 Å². The third kappa shape index (κ3) is 6.90. The van der Waals surface area contributed by atoms with Crippen LogP contribution < -0.4 is 11.1 Å². The van der Waals surface area contributed by atoms with Gasteiger partial charge in [-0.15, -0.1) is 0 Å². The summed E-state index contributed by atoms with van der Waals surface area (Å²) in [6, 6.07) is 0. The van der Waals surface area contributed by atoms with Crippen molar-refractivity contribution < 1.29 is 14.3 Å². The van der Waals surface area contributed by atoms with Gasteiger partial charge in [-0.1, -0.05) is 6.58 Å². The molecule has 0 atom stereocenters. The van der Waals surface area contributed by atoms with Crippen LogP contribution in [0, 0.1) is 0 Å². The van der Waals surface area contributed by atoms with E-state index < -0.39 is 6.09 Å². The summed E-state index contributed by atoms with van der Waals surface area (Å²) < 4.78 is 4.32. The van der Waals surface area contributed by atoms with Gasteiger partial charge in [0.2, 0.25) is 5.91 Å². The molecule has 5 nitrogen and oxygen atoms in total. The normalized spacial score (nSPS) is 9.79. The van der Waals surface area contributed by atoms with E-state index in [1.165, 1.54) is 6.26 Å². The third-order valence-corrected chi connectivity index (χ3v) is 1.26. The molecule has 0 aromatic carbocycles. The minimum Gasteiger partial charge on any atom is -0.419 e. The highest BCUT2D eigenvalue weighted by atomic mass is 16.5. The van der Waals surface area contributed by atoms with Gasteiger partial charge in [0, 0.05) is 12.1 Å². The lowest BCUT2D eigenvalue weighted by Gasteiger charge is -2.00. The first-order valence-corrected chi connectivity index (χ1v) is 4.09. The van der Waals surface area contributed by atoms with Crippen molar-refractivity contribution in [2.24, 2.45) is 5.73 Å². The molecule has 0 heterocycles. The molecule has 0 spiro atoms. The van der Waals surface area contributed by atoms with E-state index in [0.29, 0.717) is 18.5 Å². The number of carbonyl (C=O) groups is 2. The molecule has 0 saturated carbocycles. The molecule has 0 radical (unpaired) electrons. The van der Waals surface area contributed by atoms with Crippen molar-refractivity contribution in [3.63, 3.8) is 0 Å². The van der Waals surface area contributed by atoms with Crippen LogP contribution in [-0.2, 0) is 9.53 Å². The Morgan fingerprint density at radius 1 is 1.57 bits per heavy atom. The van der Waals surface area contributed by atoms with Gasteiger partial charge >= 0.3 is 6.09 Å². The third-order valence-electron chi connectivity index (χ3n) is 1.26. The van der Waals surface area contributed by atoms with E-state index in [-0.39, 0.29) is 5.91 Å². The molecule has 0 aliphatic heterocycles. The molecule has 0 unspecified atom stereocenters. The largest absolute Gasteiger partial charge is 0.419 e. The van der Waals surface area contributed by atoms with E-state index in [0.717, 1.165) is 0 Å². The fraction of sp³-hybridized carbons (Fsp3) is 0.333. The maximum Gasteiger partial charge on any atom is 0.409 e. The van der Waals surface area contributed by atoms with Gasteiger partial charge in [0.1, 0.15) is 0 Å². The Morgan fingerprint density at radius 2 is 2.21 bits per heavy atom. The molecule has 0 saturated heterocycles. The van der Waals surface area contributed by atoms with Crippen molar-refractivity contribution in [2.75, 3.05) is 6.54 Å². The average molecular weight is 198 g/mol.